The average Bonchev–Trinajstić information content (AvgIpc) is 2.67. The van der Waals surface area contributed by atoms with Crippen molar-refractivity contribution in [1.82, 2.24) is 0 Å². The number of rotatable bonds is 11. The fourth-order valence-electron chi connectivity index (χ4n) is 3.26. The highest BCUT2D eigenvalue weighted by Gasteiger charge is 2.13. The van der Waals surface area contributed by atoms with Crippen LogP contribution in [0.25, 0.3) is 0 Å². The number of hydrogen-bond donors (Lipinski definition) is 2. The highest BCUT2D eigenvalue weighted by atomic mass is 16.4. The van der Waals surface area contributed by atoms with Gasteiger partial charge in [-0.15, -0.1) is 0 Å². The number of carbonyl (C=O) groups is 2. The minimum absolute atomic E-state index is 0.114. The summed E-state index contributed by atoms with van der Waals surface area (Å²) in [6.45, 7) is 4.05. The Morgan fingerprint density at radius 2 is 1.54 bits per heavy atom. The SMILES string of the molecule is CCCCCCCCc1ccc(CC(=O)Nc2ccc(C)cc2C(=O)O)cc1. The van der Waals surface area contributed by atoms with Crippen LogP contribution in [-0.2, 0) is 17.6 Å². The first-order chi connectivity index (χ1) is 13.5. The standard InChI is InChI=1S/C24H31NO3/c1-3-4-5-6-7-8-9-19-11-13-20(14-12-19)17-23(26)25-22-15-10-18(2)16-21(22)24(27)28/h10-16H,3-9,17H2,1-2H3,(H,25,26)(H,27,28). The Morgan fingerprint density at radius 3 is 2.21 bits per heavy atom. The smallest absolute Gasteiger partial charge is 0.337 e. The van der Waals surface area contributed by atoms with E-state index in [-0.39, 0.29) is 17.9 Å². The van der Waals surface area contributed by atoms with E-state index in [2.05, 4.69) is 24.4 Å². The molecule has 1 amide bonds. The molecule has 0 unspecified atom stereocenters. The second-order valence-corrected chi connectivity index (χ2v) is 7.41. The first-order valence-electron chi connectivity index (χ1n) is 10.2. The van der Waals surface area contributed by atoms with Gasteiger partial charge in [0.25, 0.3) is 0 Å². The number of anilines is 1. The summed E-state index contributed by atoms with van der Waals surface area (Å²) in [7, 11) is 0. The summed E-state index contributed by atoms with van der Waals surface area (Å²) in [5.74, 6) is -1.26. The molecule has 4 heteroatoms. The third-order valence-electron chi connectivity index (χ3n) is 4.89. The van der Waals surface area contributed by atoms with Gasteiger partial charge in [0.15, 0.2) is 0 Å². The Kier molecular flexibility index (Phi) is 8.73. The minimum Gasteiger partial charge on any atom is -0.478 e. The van der Waals surface area contributed by atoms with Crippen LogP contribution in [0.5, 0.6) is 0 Å². The van der Waals surface area contributed by atoms with Gasteiger partial charge in [0.2, 0.25) is 5.91 Å². The van der Waals surface area contributed by atoms with E-state index in [4.69, 9.17) is 0 Å². The number of aryl methyl sites for hydroxylation is 2. The largest absolute Gasteiger partial charge is 0.478 e. The monoisotopic (exact) mass is 381 g/mol. The average molecular weight is 382 g/mol. The van der Waals surface area contributed by atoms with Crippen LogP contribution in [0.2, 0.25) is 0 Å². The van der Waals surface area contributed by atoms with Gasteiger partial charge < -0.3 is 10.4 Å². The van der Waals surface area contributed by atoms with Gasteiger partial charge in [-0.1, -0.05) is 74.9 Å². The topological polar surface area (TPSA) is 66.4 Å². The Bertz CT molecular complexity index is 781. The van der Waals surface area contributed by atoms with Crippen LogP contribution in [0.4, 0.5) is 5.69 Å². The zero-order valence-electron chi connectivity index (χ0n) is 17.0. The van der Waals surface area contributed by atoms with Crippen LogP contribution in [0, 0.1) is 6.92 Å². The predicted molar refractivity (Wildman–Crippen MR) is 114 cm³/mol. The number of benzene rings is 2. The van der Waals surface area contributed by atoms with E-state index in [9.17, 15) is 14.7 Å². The predicted octanol–water partition coefficient (Wildman–Crippen LogP) is 5.78. The first kappa shape index (κ1) is 21.7. The molecule has 0 spiro atoms. The van der Waals surface area contributed by atoms with Gasteiger partial charge in [0.05, 0.1) is 17.7 Å². The third kappa shape index (κ3) is 7.18. The lowest BCUT2D eigenvalue weighted by Crippen LogP contribution is -2.17. The van der Waals surface area contributed by atoms with Crippen LogP contribution >= 0.6 is 0 Å². The number of carbonyl (C=O) groups excluding carboxylic acids is 1. The van der Waals surface area contributed by atoms with Crippen LogP contribution in [0.1, 0.15) is 72.5 Å². The number of hydrogen-bond acceptors (Lipinski definition) is 2. The Labute approximate surface area is 168 Å². The summed E-state index contributed by atoms with van der Waals surface area (Å²) < 4.78 is 0. The van der Waals surface area contributed by atoms with E-state index in [1.54, 1.807) is 18.2 Å². The number of carboxylic acid groups (broad SMARTS) is 1. The van der Waals surface area contributed by atoms with Gasteiger partial charge in [-0.25, -0.2) is 4.79 Å². The van der Waals surface area contributed by atoms with Crippen molar-refractivity contribution >= 4 is 17.6 Å². The van der Waals surface area contributed by atoms with Crippen molar-refractivity contribution in [2.75, 3.05) is 5.32 Å². The molecule has 2 aromatic carbocycles. The Balaban J connectivity index is 1.84. The van der Waals surface area contributed by atoms with Crippen LogP contribution in [0.15, 0.2) is 42.5 Å². The summed E-state index contributed by atoms with van der Waals surface area (Å²) in [5, 5.41) is 12.0. The number of aromatic carboxylic acids is 1. The molecule has 4 nitrogen and oxygen atoms in total. The van der Waals surface area contributed by atoms with E-state index >= 15 is 0 Å². The summed E-state index contributed by atoms with van der Waals surface area (Å²) in [5.41, 5.74) is 3.52. The summed E-state index contributed by atoms with van der Waals surface area (Å²) in [4.78, 5) is 23.7. The second kappa shape index (κ2) is 11.3. The molecule has 0 aromatic heterocycles. The van der Waals surface area contributed by atoms with Crippen molar-refractivity contribution in [2.24, 2.45) is 0 Å². The summed E-state index contributed by atoms with van der Waals surface area (Å²) in [6, 6.07) is 13.1. The number of unbranched alkanes of at least 4 members (excludes halogenated alkanes) is 5. The van der Waals surface area contributed by atoms with Gasteiger partial charge in [-0.05, 0) is 43.0 Å². The third-order valence-corrected chi connectivity index (χ3v) is 4.89. The van der Waals surface area contributed by atoms with Crippen molar-refractivity contribution in [3.8, 4) is 0 Å². The number of carboxylic acids is 1. The molecule has 0 aliphatic carbocycles. The molecule has 0 saturated heterocycles. The minimum atomic E-state index is -1.04. The van der Waals surface area contributed by atoms with E-state index in [1.807, 2.05) is 19.1 Å². The van der Waals surface area contributed by atoms with Gasteiger partial charge >= 0.3 is 5.97 Å². The highest BCUT2D eigenvalue weighted by molar-refractivity contribution is 6.01. The molecule has 0 bridgehead atoms. The van der Waals surface area contributed by atoms with Gasteiger partial charge in [0.1, 0.15) is 0 Å². The van der Waals surface area contributed by atoms with Gasteiger partial charge in [-0.3, -0.25) is 4.79 Å². The Hall–Kier alpha value is -2.62. The maximum absolute atomic E-state index is 12.3. The quantitative estimate of drug-likeness (QED) is 0.485. The zero-order valence-corrected chi connectivity index (χ0v) is 17.0. The molecule has 0 saturated carbocycles. The fraction of sp³-hybridized carbons (Fsp3) is 0.417. The molecule has 28 heavy (non-hydrogen) atoms. The van der Waals surface area contributed by atoms with Crippen LogP contribution in [-0.4, -0.2) is 17.0 Å². The number of amides is 1. The molecule has 0 aliphatic rings. The molecular formula is C24H31NO3. The second-order valence-electron chi connectivity index (χ2n) is 7.41. The van der Waals surface area contributed by atoms with Crippen molar-refractivity contribution in [2.45, 2.75) is 65.2 Å². The van der Waals surface area contributed by atoms with Crippen LogP contribution in [0.3, 0.4) is 0 Å². The normalized spacial score (nSPS) is 10.6. The molecule has 2 rings (SSSR count). The molecule has 0 fully saturated rings. The van der Waals surface area contributed by atoms with Crippen LogP contribution < -0.4 is 5.32 Å². The molecule has 0 radical (unpaired) electrons. The fourth-order valence-corrected chi connectivity index (χ4v) is 3.26. The van der Waals surface area contributed by atoms with E-state index in [0.29, 0.717) is 5.69 Å². The Morgan fingerprint density at radius 1 is 0.893 bits per heavy atom. The summed E-state index contributed by atoms with van der Waals surface area (Å²) >= 11 is 0. The van der Waals surface area contributed by atoms with Gasteiger partial charge in [-0.2, -0.15) is 0 Å². The van der Waals surface area contributed by atoms with Crippen molar-refractivity contribution in [3.63, 3.8) is 0 Å². The van der Waals surface area contributed by atoms with E-state index in [0.717, 1.165) is 17.5 Å². The first-order valence-corrected chi connectivity index (χ1v) is 10.2. The summed E-state index contributed by atoms with van der Waals surface area (Å²) in [6.07, 6.45) is 9.01. The van der Waals surface area contributed by atoms with Crippen molar-refractivity contribution in [1.29, 1.82) is 0 Å². The lowest BCUT2D eigenvalue weighted by molar-refractivity contribution is -0.115. The van der Waals surface area contributed by atoms with Gasteiger partial charge in [0, 0.05) is 0 Å². The lowest BCUT2D eigenvalue weighted by atomic mass is 10.0. The van der Waals surface area contributed by atoms with Crippen molar-refractivity contribution in [3.05, 3.63) is 64.7 Å². The maximum atomic E-state index is 12.3. The molecule has 0 aliphatic heterocycles. The zero-order chi connectivity index (χ0) is 20.4. The van der Waals surface area contributed by atoms with E-state index in [1.165, 1.54) is 44.1 Å². The van der Waals surface area contributed by atoms with Crippen molar-refractivity contribution < 1.29 is 14.7 Å². The molecule has 2 N–H and O–H groups in total. The molecule has 0 heterocycles. The molecule has 150 valence electrons. The van der Waals surface area contributed by atoms with E-state index < -0.39 is 5.97 Å². The molecule has 0 atom stereocenters. The number of nitrogens with one attached hydrogen (secondary N) is 1. The molecule has 2 aromatic rings. The highest BCUT2D eigenvalue weighted by Crippen LogP contribution is 2.18. The lowest BCUT2D eigenvalue weighted by Gasteiger charge is -2.10. The maximum Gasteiger partial charge on any atom is 0.337 e. The molecular weight excluding hydrogens is 350 g/mol.